The Balaban J connectivity index is 2.32. The molecule has 0 aliphatic carbocycles. The van der Waals surface area contributed by atoms with Gasteiger partial charge in [-0.25, -0.2) is 0 Å². The van der Waals surface area contributed by atoms with Gasteiger partial charge in [0.05, 0.1) is 10.4 Å². The molecule has 0 bridgehead atoms. The van der Waals surface area contributed by atoms with Crippen molar-refractivity contribution in [1.29, 1.82) is 0 Å². The summed E-state index contributed by atoms with van der Waals surface area (Å²) in [5, 5.41) is 3.35. The lowest BCUT2D eigenvalue weighted by atomic mass is 10.0. The molecule has 0 saturated carbocycles. The molecule has 0 aromatic heterocycles. The molecule has 2 nitrogen and oxygen atoms in total. The standard InChI is InChI=1S/C6H12ClNOS/c1-5-2-6(10(7)9)4-8-3-5/h5-6,8H,2-4H2,1H3. The molecular weight excluding hydrogens is 170 g/mol. The lowest BCUT2D eigenvalue weighted by Crippen LogP contribution is -2.41. The third-order valence-corrected chi connectivity index (χ3v) is 3.43. The van der Waals surface area contributed by atoms with Gasteiger partial charge in [0.15, 0.2) is 10.7 Å². The quantitative estimate of drug-likeness (QED) is 0.610. The summed E-state index contributed by atoms with van der Waals surface area (Å²) in [6, 6.07) is 0. The first kappa shape index (κ1) is 8.65. The predicted octanol–water partition coefficient (Wildman–Crippen LogP) is 0.887. The summed E-state index contributed by atoms with van der Waals surface area (Å²) >= 11 is 0. The molecule has 0 radical (unpaired) electrons. The van der Waals surface area contributed by atoms with E-state index in [1.807, 2.05) is 0 Å². The van der Waals surface area contributed by atoms with E-state index in [2.05, 4.69) is 12.2 Å². The third kappa shape index (κ3) is 2.31. The van der Waals surface area contributed by atoms with Crippen LogP contribution >= 0.6 is 10.7 Å². The molecule has 1 heterocycles. The highest BCUT2D eigenvalue weighted by Gasteiger charge is 2.27. The second-order valence-electron chi connectivity index (χ2n) is 2.87. The van der Waals surface area contributed by atoms with Gasteiger partial charge >= 0.3 is 0 Å². The Morgan fingerprint density at radius 3 is 2.70 bits per heavy atom. The maximum atomic E-state index is 10.8. The minimum Gasteiger partial charge on any atom is -0.599 e. The number of nitrogens with one attached hydrogen (secondary N) is 1. The summed E-state index contributed by atoms with van der Waals surface area (Å²) in [7, 11) is 4.29. The lowest BCUT2D eigenvalue weighted by molar-refractivity contribution is 0.403. The zero-order valence-corrected chi connectivity index (χ0v) is 7.54. The van der Waals surface area contributed by atoms with Crippen LogP contribution in [0, 0.1) is 5.92 Å². The van der Waals surface area contributed by atoms with E-state index < -0.39 is 10.4 Å². The molecule has 0 aromatic carbocycles. The fourth-order valence-corrected chi connectivity index (χ4v) is 2.38. The Bertz CT molecular complexity index is 112. The van der Waals surface area contributed by atoms with Gasteiger partial charge in [-0.3, -0.25) is 0 Å². The molecule has 1 rings (SSSR count). The molecule has 3 unspecified atom stereocenters. The van der Waals surface area contributed by atoms with Gasteiger partial charge in [0, 0.05) is 13.0 Å². The second-order valence-corrected chi connectivity index (χ2v) is 4.95. The monoisotopic (exact) mass is 181 g/mol. The van der Waals surface area contributed by atoms with Crippen LogP contribution in [-0.4, -0.2) is 22.9 Å². The largest absolute Gasteiger partial charge is 0.599 e. The van der Waals surface area contributed by atoms with Crippen molar-refractivity contribution in [2.24, 2.45) is 5.92 Å². The molecule has 1 aliphatic rings. The van der Waals surface area contributed by atoms with Crippen molar-refractivity contribution in [2.75, 3.05) is 13.1 Å². The fourth-order valence-electron chi connectivity index (χ4n) is 1.25. The molecule has 1 fully saturated rings. The smallest absolute Gasteiger partial charge is 0.174 e. The predicted molar refractivity (Wildman–Crippen MR) is 44.4 cm³/mol. The van der Waals surface area contributed by atoms with E-state index in [1.165, 1.54) is 0 Å². The molecule has 1 aliphatic heterocycles. The maximum absolute atomic E-state index is 10.8. The van der Waals surface area contributed by atoms with Crippen LogP contribution in [0.4, 0.5) is 0 Å². The minimum absolute atomic E-state index is 0.158. The van der Waals surface area contributed by atoms with E-state index in [9.17, 15) is 4.55 Å². The topological polar surface area (TPSA) is 35.1 Å². The summed E-state index contributed by atoms with van der Waals surface area (Å²) in [5.74, 6) is 0.612. The van der Waals surface area contributed by atoms with Crippen LogP contribution in [-0.2, 0) is 10.4 Å². The summed E-state index contributed by atoms with van der Waals surface area (Å²) < 4.78 is 10.8. The second kappa shape index (κ2) is 3.81. The minimum atomic E-state index is -1.16. The number of hydrogen-bond donors (Lipinski definition) is 1. The number of piperidine rings is 1. The number of rotatable bonds is 1. The van der Waals surface area contributed by atoms with Crippen molar-refractivity contribution >= 4 is 21.1 Å². The van der Waals surface area contributed by atoms with Crippen molar-refractivity contribution < 1.29 is 4.55 Å². The van der Waals surface area contributed by atoms with Gasteiger partial charge < -0.3 is 9.87 Å². The normalized spacial score (nSPS) is 37.5. The third-order valence-electron chi connectivity index (χ3n) is 1.79. The van der Waals surface area contributed by atoms with Gasteiger partial charge in [0.25, 0.3) is 0 Å². The zero-order valence-electron chi connectivity index (χ0n) is 5.97. The van der Waals surface area contributed by atoms with Crippen molar-refractivity contribution in [3.8, 4) is 0 Å². The van der Waals surface area contributed by atoms with Crippen LogP contribution in [0.25, 0.3) is 0 Å². The molecule has 60 valence electrons. The molecule has 0 spiro atoms. The van der Waals surface area contributed by atoms with Gasteiger partial charge in [-0.1, -0.05) is 6.92 Å². The van der Waals surface area contributed by atoms with Gasteiger partial charge in [-0.2, -0.15) is 0 Å². The highest BCUT2D eigenvalue weighted by Crippen LogP contribution is 2.18. The first-order valence-electron chi connectivity index (χ1n) is 3.47. The Morgan fingerprint density at radius 1 is 1.60 bits per heavy atom. The Morgan fingerprint density at radius 2 is 2.30 bits per heavy atom. The van der Waals surface area contributed by atoms with E-state index >= 15 is 0 Å². The Kier molecular flexibility index (Phi) is 3.30. The van der Waals surface area contributed by atoms with E-state index in [0.29, 0.717) is 5.92 Å². The molecule has 3 atom stereocenters. The SMILES string of the molecule is CC1CNCC([S+]([O-])Cl)C1. The molecule has 1 saturated heterocycles. The maximum Gasteiger partial charge on any atom is 0.174 e. The summed E-state index contributed by atoms with van der Waals surface area (Å²) in [4.78, 5) is 0. The molecular formula is C6H12ClNOS. The van der Waals surface area contributed by atoms with Crippen molar-refractivity contribution in [1.82, 2.24) is 5.32 Å². The van der Waals surface area contributed by atoms with E-state index in [0.717, 1.165) is 19.5 Å². The zero-order chi connectivity index (χ0) is 7.56. The van der Waals surface area contributed by atoms with Crippen molar-refractivity contribution in [2.45, 2.75) is 18.6 Å². The van der Waals surface area contributed by atoms with E-state index in [-0.39, 0.29) is 5.25 Å². The Hall–Kier alpha value is 0.560. The molecule has 0 aromatic rings. The summed E-state index contributed by atoms with van der Waals surface area (Å²) in [6.45, 7) is 3.98. The number of halogens is 1. The Labute approximate surface area is 69.0 Å². The fraction of sp³-hybridized carbons (Fsp3) is 1.00. The van der Waals surface area contributed by atoms with Crippen LogP contribution in [0.1, 0.15) is 13.3 Å². The van der Waals surface area contributed by atoms with Crippen LogP contribution in [0.5, 0.6) is 0 Å². The number of hydrogen-bond acceptors (Lipinski definition) is 2. The lowest BCUT2D eigenvalue weighted by Gasteiger charge is -2.25. The van der Waals surface area contributed by atoms with Crippen LogP contribution in [0.15, 0.2) is 0 Å². The first-order valence-corrected chi connectivity index (χ1v) is 5.51. The van der Waals surface area contributed by atoms with Crippen LogP contribution < -0.4 is 5.32 Å². The van der Waals surface area contributed by atoms with Crippen LogP contribution in [0.3, 0.4) is 0 Å². The van der Waals surface area contributed by atoms with Gasteiger partial charge in [-0.15, -0.1) is 0 Å². The average Bonchev–Trinajstić information content (AvgIpc) is 1.88. The average molecular weight is 182 g/mol. The molecule has 0 amide bonds. The van der Waals surface area contributed by atoms with Gasteiger partial charge in [0.1, 0.15) is 5.25 Å². The molecule has 4 heteroatoms. The highest BCUT2D eigenvalue weighted by molar-refractivity contribution is 8.14. The van der Waals surface area contributed by atoms with Crippen LogP contribution in [0.2, 0.25) is 0 Å². The summed E-state index contributed by atoms with van der Waals surface area (Å²) in [5.41, 5.74) is 0. The van der Waals surface area contributed by atoms with Crippen molar-refractivity contribution in [3.05, 3.63) is 0 Å². The molecule has 1 N–H and O–H groups in total. The van der Waals surface area contributed by atoms with E-state index in [1.54, 1.807) is 0 Å². The van der Waals surface area contributed by atoms with E-state index in [4.69, 9.17) is 10.7 Å². The molecule has 10 heavy (non-hydrogen) atoms. The van der Waals surface area contributed by atoms with Gasteiger partial charge in [0.2, 0.25) is 0 Å². The first-order chi connectivity index (χ1) is 4.70. The van der Waals surface area contributed by atoms with Gasteiger partial charge in [-0.05, 0) is 12.5 Å². The van der Waals surface area contributed by atoms with Crippen molar-refractivity contribution in [3.63, 3.8) is 0 Å². The summed E-state index contributed by atoms with van der Waals surface area (Å²) in [6.07, 6.45) is 0.989. The highest BCUT2D eigenvalue weighted by atomic mass is 35.7.